The molecule has 0 saturated heterocycles. The fraction of sp³-hybridized carbons (Fsp3) is 0.176. The molecule has 0 aliphatic heterocycles. The quantitative estimate of drug-likeness (QED) is 0.634. The molecule has 0 aliphatic carbocycles. The van der Waals surface area contributed by atoms with E-state index in [2.05, 4.69) is 22.1 Å². The van der Waals surface area contributed by atoms with Crippen LogP contribution < -0.4 is 5.32 Å². The number of hydrogen-bond donors (Lipinski definition) is 1. The zero-order valence-corrected chi connectivity index (χ0v) is 13.1. The largest absolute Gasteiger partial charge is 0.312 e. The van der Waals surface area contributed by atoms with Crippen LogP contribution in [0.15, 0.2) is 52.5 Å². The first-order valence-corrected chi connectivity index (χ1v) is 8.69. The van der Waals surface area contributed by atoms with E-state index in [4.69, 9.17) is 0 Å². The molecule has 108 valence electrons. The minimum Gasteiger partial charge on any atom is -0.312 e. The molecule has 1 aromatic carbocycles. The average molecular weight is 317 g/mol. The molecule has 2 aromatic heterocycles. The van der Waals surface area contributed by atoms with Crippen LogP contribution in [-0.2, 0) is 13.0 Å². The Labute approximate surface area is 132 Å². The predicted molar refractivity (Wildman–Crippen MR) is 89.4 cm³/mol. The van der Waals surface area contributed by atoms with Gasteiger partial charge in [0.05, 0.1) is 0 Å². The van der Waals surface area contributed by atoms with Crippen molar-refractivity contribution in [1.82, 2.24) is 5.32 Å². The monoisotopic (exact) mass is 317 g/mol. The zero-order valence-electron chi connectivity index (χ0n) is 11.5. The third kappa shape index (κ3) is 3.79. The summed E-state index contributed by atoms with van der Waals surface area (Å²) < 4.78 is 13.9. The summed E-state index contributed by atoms with van der Waals surface area (Å²) in [4.78, 5) is 0.979. The van der Waals surface area contributed by atoms with E-state index in [9.17, 15) is 4.39 Å². The van der Waals surface area contributed by atoms with E-state index in [-0.39, 0.29) is 5.82 Å². The van der Waals surface area contributed by atoms with E-state index in [1.807, 2.05) is 29.6 Å². The standard InChI is InChI=1S/C17H16FNS2/c18-16-4-3-14(10-15(16)17-2-1-8-21-17)11-19-7-5-13-6-9-20-12-13/h1-4,6,8-10,12,19H,5,7,11H2. The van der Waals surface area contributed by atoms with Crippen LogP contribution in [0.5, 0.6) is 0 Å². The van der Waals surface area contributed by atoms with Crippen molar-refractivity contribution in [3.8, 4) is 10.4 Å². The van der Waals surface area contributed by atoms with Gasteiger partial charge in [0.15, 0.2) is 0 Å². The lowest BCUT2D eigenvalue weighted by molar-refractivity contribution is 0.629. The summed E-state index contributed by atoms with van der Waals surface area (Å²) in [5.41, 5.74) is 3.18. The molecule has 21 heavy (non-hydrogen) atoms. The van der Waals surface area contributed by atoms with Gasteiger partial charge in [-0.15, -0.1) is 11.3 Å². The smallest absolute Gasteiger partial charge is 0.131 e. The second-order valence-electron chi connectivity index (χ2n) is 4.85. The molecule has 0 spiro atoms. The van der Waals surface area contributed by atoms with Crippen LogP contribution in [0.2, 0.25) is 0 Å². The second-order valence-corrected chi connectivity index (χ2v) is 6.58. The number of hydrogen-bond acceptors (Lipinski definition) is 3. The minimum absolute atomic E-state index is 0.153. The van der Waals surface area contributed by atoms with Crippen LogP contribution in [0, 0.1) is 5.82 Å². The van der Waals surface area contributed by atoms with Crippen molar-refractivity contribution in [2.24, 2.45) is 0 Å². The fourth-order valence-corrected chi connectivity index (χ4v) is 3.65. The Morgan fingerprint density at radius 3 is 2.76 bits per heavy atom. The van der Waals surface area contributed by atoms with E-state index >= 15 is 0 Å². The maximum atomic E-state index is 13.9. The van der Waals surface area contributed by atoms with Gasteiger partial charge < -0.3 is 5.32 Å². The van der Waals surface area contributed by atoms with Crippen molar-refractivity contribution in [2.45, 2.75) is 13.0 Å². The first-order chi connectivity index (χ1) is 10.3. The van der Waals surface area contributed by atoms with Gasteiger partial charge in [0, 0.05) is 17.0 Å². The molecule has 2 heterocycles. The highest BCUT2D eigenvalue weighted by Crippen LogP contribution is 2.28. The third-order valence-electron chi connectivity index (χ3n) is 3.32. The summed E-state index contributed by atoms with van der Waals surface area (Å²) in [6, 6.07) is 11.4. The van der Waals surface area contributed by atoms with Crippen molar-refractivity contribution < 1.29 is 4.39 Å². The highest BCUT2D eigenvalue weighted by Gasteiger charge is 2.07. The summed E-state index contributed by atoms with van der Waals surface area (Å²) in [6.07, 6.45) is 1.03. The molecule has 0 saturated carbocycles. The second kappa shape index (κ2) is 6.98. The third-order valence-corrected chi connectivity index (χ3v) is 4.95. The topological polar surface area (TPSA) is 12.0 Å². The maximum Gasteiger partial charge on any atom is 0.131 e. The van der Waals surface area contributed by atoms with Crippen molar-refractivity contribution in [3.05, 3.63) is 69.5 Å². The lowest BCUT2D eigenvalue weighted by Crippen LogP contribution is -2.16. The molecule has 0 aliphatic rings. The van der Waals surface area contributed by atoms with Crippen LogP contribution >= 0.6 is 22.7 Å². The molecular weight excluding hydrogens is 301 g/mol. The molecule has 0 atom stereocenters. The Bertz CT molecular complexity index is 675. The fourth-order valence-electron chi connectivity index (χ4n) is 2.20. The molecule has 3 rings (SSSR count). The van der Waals surface area contributed by atoms with E-state index in [1.165, 1.54) is 5.56 Å². The summed E-state index contributed by atoms with van der Waals surface area (Å²) in [7, 11) is 0. The number of benzene rings is 1. The molecule has 0 bridgehead atoms. The van der Waals surface area contributed by atoms with Crippen molar-refractivity contribution in [3.63, 3.8) is 0 Å². The van der Waals surface area contributed by atoms with Gasteiger partial charge in [-0.2, -0.15) is 11.3 Å². The molecule has 0 unspecified atom stereocenters. The molecule has 3 aromatic rings. The van der Waals surface area contributed by atoms with Gasteiger partial charge in [-0.05, 0) is 64.5 Å². The Kier molecular flexibility index (Phi) is 4.80. The normalized spacial score (nSPS) is 10.9. The van der Waals surface area contributed by atoms with Crippen LogP contribution in [0.25, 0.3) is 10.4 Å². The Balaban J connectivity index is 1.60. The lowest BCUT2D eigenvalue weighted by Gasteiger charge is -2.07. The Hall–Kier alpha value is -1.49. The molecule has 4 heteroatoms. The highest BCUT2D eigenvalue weighted by molar-refractivity contribution is 7.13. The minimum atomic E-state index is -0.153. The van der Waals surface area contributed by atoms with Gasteiger partial charge in [-0.3, -0.25) is 0 Å². The first kappa shape index (κ1) is 14.4. The summed E-state index contributed by atoms with van der Waals surface area (Å²) in [5, 5.41) is 9.67. The van der Waals surface area contributed by atoms with Crippen molar-refractivity contribution in [1.29, 1.82) is 0 Å². The van der Waals surface area contributed by atoms with Gasteiger partial charge in [-0.1, -0.05) is 12.1 Å². The highest BCUT2D eigenvalue weighted by atomic mass is 32.1. The van der Waals surface area contributed by atoms with Gasteiger partial charge in [0.1, 0.15) is 5.82 Å². The molecule has 0 fully saturated rings. The molecule has 1 nitrogen and oxygen atoms in total. The summed E-state index contributed by atoms with van der Waals surface area (Å²) >= 11 is 3.29. The van der Waals surface area contributed by atoms with Crippen molar-refractivity contribution >= 4 is 22.7 Å². The van der Waals surface area contributed by atoms with Gasteiger partial charge in [0.25, 0.3) is 0 Å². The molecule has 1 N–H and O–H groups in total. The van der Waals surface area contributed by atoms with E-state index in [0.717, 1.165) is 30.0 Å². The van der Waals surface area contributed by atoms with Crippen LogP contribution in [0.3, 0.4) is 0 Å². The van der Waals surface area contributed by atoms with Gasteiger partial charge in [0.2, 0.25) is 0 Å². The molecule has 0 amide bonds. The van der Waals surface area contributed by atoms with Crippen LogP contribution in [0.1, 0.15) is 11.1 Å². The van der Waals surface area contributed by atoms with Crippen LogP contribution in [-0.4, -0.2) is 6.54 Å². The summed E-state index contributed by atoms with van der Waals surface area (Å²) in [5.74, 6) is -0.153. The van der Waals surface area contributed by atoms with E-state index in [0.29, 0.717) is 5.56 Å². The average Bonchev–Trinajstić information content (AvgIpc) is 3.18. The lowest BCUT2D eigenvalue weighted by atomic mass is 10.1. The predicted octanol–water partition coefficient (Wildman–Crippen LogP) is 4.95. The molecule has 0 radical (unpaired) electrons. The summed E-state index contributed by atoms with van der Waals surface area (Å²) in [6.45, 7) is 1.70. The van der Waals surface area contributed by atoms with Gasteiger partial charge >= 0.3 is 0 Å². The van der Waals surface area contributed by atoms with Gasteiger partial charge in [-0.25, -0.2) is 4.39 Å². The van der Waals surface area contributed by atoms with E-state index < -0.39 is 0 Å². The maximum absolute atomic E-state index is 13.9. The molecular formula is C17H16FNS2. The number of halogens is 1. The SMILES string of the molecule is Fc1ccc(CNCCc2ccsc2)cc1-c1cccs1. The number of thiophene rings is 2. The van der Waals surface area contributed by atoms with Crippen LogP contribution in [0.4, 0.5) is 4.39 Å². The number of rotatable bonds is 6. The first-order valence-electron chi connectivity index (χ1n) is 6.87. The van der Waals surface area contributed by atoms with E-state index in [1.54, 1.807) is 28.7 Å². The Morgan fingerprint density at radius 2 is 2.00 bits per heavy atom. The Morgan fingerprint density at radius 1 is 1.05 bits per heavy atom. The zero-order chi connectivity index (χ0) is 14.5. The number of nitrogens with one attached hydrogen (secondary N) is 1. The van der Waals surface area contributed by atoms with Crippen molar-refractivity contribution in [2.75, 3.05) is 6.54 Å².